The molecule has 0 saturated heterocycles. The lowest BCUT2D eigenvalue weighted by atomic mass is 10.0. The summed E-state index contributed by atoms with van der Waals surface area (Å²) < 4.78 is 11.1. The zero-order chi connectivity index (χ0) is 20.1. The molecule has 1 aliphatic rings. The van der Waals surface area contributed by atoms with Crippen LogP contribution in [0.4, 0.5) is 0 Å². The molecule has 2 aromatic rings. The molecular formula is C22H25NO5. The Kier molecular flexibility index (Phi) is 6.19. The van der Waals surface area contributed by atoms with E-state index in [0.717, 1.165) is 29.0 Å². The summed E-state index contributed by atoms with van der Waals surface area (Å²) in [5, 5.41) is 12.2. The molecule has 0 radical (unpaired) electrons. The Balaban J connectivity index is 1.62. The van der Waals surface area contributed by atoms with Crippen LogP contribution < -0.4 is 14.8 Å². The highest BCUT2D eigenvalue weighted by Gasteiger charge is 2.24. The van der Waals surface area contributed by atoms with Gasteiger partial charge in [-0.25, -0.2) is 4.79 Å². The van der Waals surface area contributed by atoms with Gasteiger partial charge >= 0.3 is 5.97 Å². The molecule has 1 heterocycles. The van der Waals surface area contributed by atoms with Crippen molar-refractivity contribution in [3.05, 3.63) is 59.2 Å². The fraction of sp³-hybridized carbons (Fsp3) is 0.364. The molecule has 0 aliphatic carbocycles. The third-order valence-electron chi connectivity index (χ3n) is 4.47. The number of carboxylic acid groups (broad SMARTS) is 1. The normalized spacial score (nSPS) is 13.5. The summed E-state index contributed by atoms with van der Waals surface area (Å²) in [5.74, 6) is 0.523. The maximum absolute atomic E-state index is 12.4. The van der Waals surface area contributed by atoms with Crippen LogP contribution in [0, 0.1) is 5.92 Å². The van der Waals surface area contributed by atoms with E-state index in [-0.39, 0.29) is 12.3 Å². The average molecular weight is 383 g/mol. The Morgan fingerprint density at radius 2 is 1.93 bits per heavy atom. The van der Waals surface area contributed by atoms with Crippen LogP contribution in [0.3, 0.4) is 0 Å². The number of benzene rings is 2. The third-order valence-corrected chi connectivity index (χ3v) is 4.47. The monoisotopic (exact) mass is 383 g/mol. The molecule has 1 aliphatic heterocycles. The SMILES string of the molecule is CC(C)COc1ccc(CC(=O)NC(C(=O)O)c2ccc3c(c2)CCO3)cc1. The van der Waals surface area contributed by atoms with E-state index in [0.29, 0.717) is 24.7 Å². The molecule has 148 valence electrons. The van der Waals surface area contributed by atoms with Gasteiger partial charge in [0, 0.05) is 6.42 Å². The second-order valence-electron chi connectivity index (χ2n) is 7.33. The summed E-state index contributed by atoms with van der Waals surface area (Å²) >= 11 is 0. The van der Waals surface area contributed by atoms with Crippen molar-refractivity contribution >= 4 is 11.9 Å². The number of aliphatic carboxylic acids is 1. The lowest BCUT2D eigenvalue weighted by Crippen LogP contribution is -2.34. The molecule has 2 aromatic carbocycles. The fourth-order valence-electron chi connectivity index (χ4n) is 3.04. The van der Waals surface area contributed by atoms with E-state index in [1.54, 1.807) is 18.2 Å². The van der Waals surface area contributed by atoms with Crippen LogP contribution in [0.25, 0.3) is 0 Å². The summed E-state index contributed by atoms with van der Waals surface area (Å²) in [5.41, 5.74) is 2.30. The fourth-order valence-corrected chi connectivity index (χ4v) is 3.04. The van der Waals surface area contributed by atoms with Crippen LogP contribution >= 0.6 is 0 Å². The number of carbonyl (C=O) groups excluding carboxylic acids is 1. The number of carbonyl (C=O) groups is 2. The molecular weight excluding hydrogens is 358 g/mol. The van der Waals surface area contributed by atoms with Gasteiger partial charge in [0.1, 0.15) is 11.5 Å². The van der Waals surface area contributed by atoms with Crippen molar-refractivity contribution in [2.45, 2.75) is 32.7 Å². The highest BCUT2D eigenvalue weighted by Crippen LogP contribution is 2.28. The van der Waals surface area contributed by atoms with Crippen LogP contribution in [0.2, 0.25) is 0 Å². The van der Waals surface area contributed by atoms with Crippen LogP contribution in [-0.4, -0.2) is 30.2 Å². The first-order valence-corrected chi connectivity index (χ1v) is 9.42. The van der Waals surface area contributed by atoms with Crippen LogP contribution in [0.5, 0.6) is 11.5 Å². The van der Waals surface area contributed by atoms with Gasteiger partial charge in [-0.15, -0.1) is 0 Å². The molecule has 6 heteroatoms. The zero-order valence-electron chi connectivity index (χ0n) is 16.1. The summed E-state index contributed by atoms with van der Waals surface area (Å²) in [6.07, 6.45) is 0.844. The molecule has 3 rings (SSSR count). The second kappa shape index (κ2) is 8.78. The Morgan fingerprint density at radius 1 is 1.18 bits per heavy atom. The Hall–Kier alpha value is -3.02. The minimum Gasteiger partial charge on any atom is -0.493 e. The molecule has 0 bridgehead atoms. The Morgan fingerprint density at radius 3 is 2.61 bits per heavy atom. The van der Waals surface area contributed by atoms with Crippen LogP contribution in [-0.2, 0) is 22.4 Å². The lowest BCUT2D eigenvalue weighted by Gasteiger charge is -2.16. The Bertz CT molecular complexity index is 845. The van der Waals surface area contributed by atoms with Gasteiger partial charge < -0.3 is 19.9 Å². The lowest BCUT2D eigenvalue weighted by molar-refractivity contribution is -0.141. The minimum atomic E-state index is -1.09. The van der Waals surface area contributed by atoms with Gasteiger partial charge in [-0.2, -0.15) is 0 Å². The number of amides is 1. The van der Waals surface area contributed by atoms with E-state index in [9.17, 15) is 14.7 Å². The highest BCUT2D eigenvalue weighted by molar-refractivity contribution is 5.85. The molecule has 28 heavy (non-hydrogen) atoms. The van der Waals surface area contributed by atoms with E-state index in [2.05, 4.69) is 19.2 Å². The van der Waals surface area contributed by atoms with Crippen molar-refractivity contribution in [2.24, 2.45) is 5.92 Å². The molecule has 2 N–H and O–H groups in total. The maximum atomic E-state index is 12.4. The molecule has 0 fully saturated rings. The average Bonchev–Trinajstić information content (AvgIpc) is 3.13. The summed E-state index contributed by atoms with van der Waals surface area (Å²) in [6, 6.07) is 11.4. The number of rotatable bonds is 8. The minimum absolute atomic E-state index is 0.0995. The summed E-state index contributed by atoms with van der Waals surface area (Å²) in [6.45, 7) is 5.38. The highest BCUT2D eigenvalue weighted by atomic mass is 16.5. The van der Waals surface area contributed by atoms with Crippen molar-refractivity contribution in [1.29, 1.82) is 0 Å². The predicted molar refractivity (Wildman–Crippen MR) is 105 cm³/mol. The molecule has 0 aromatic heterocycles. The topological polar surface area (TPSA) is 84.9 Å². The van der Waals surface area contributed by atoms with E-state index < -0.39 is 12.0 Å². The van der Waals surface area contributed by atoms with Crippen molar-refractivity contribution in [1.82, 2.24) is 5.32 Å². The molecule has 6 nitrogen and oxygen atoms in total. The molecule has 0 saturated carbocycles. The first kappa shape index (κ1) is 19.7. The first-order valence-electron chi connectivity index (χ1n) is 9.42. The third kappa shape index (κ3) is 5.03. The van der Waals surface area contributed by atoms with Gasteiger partial charge in [0.15, 0.2) is 6.04 Å². The van der Waals surface area contributed by atoms with E-state index >= 15 is 0 Å². The molecule has 1 unspecified atom stereocenters. The van der Waals surface area contributed by atoms with Crippen LogP contribution in [0.15, 0.2) is 42.5 Å². The van der Waals surface area contributed by atoms with Gasteiger partial charge in [-0.05, 0) is 46.9 Å². The number of fused-ring (bicyclic) bond motifs is 1. The summed E-state index contributed by atoms with van der Waals surface area (Å²) in [7, 11) is 0. The predicted octanol–water partition coefficient (Wildman–Crippen LogP) is 3.14. The maximum Gasteiger partial charge on any atom is 0.330 e. The zero-order valence-corrected chi connectivity index (χ0v) is 16.1. The molecule has 1 atom stereocenters. The van der Waals surface area contributed by atoms with Gasteiger partial charge in [0.2, 0.25) is 5.91 Å². The van der Waals surface area contributed by atoms with Crippen molar-refractivity contribution < 1.29 is 24.2 Å². The number of hydrogen-bond acceptors (Lipinski definition) is 4. The smallest absolute Gasteiger partial charge is 0.330 e. The number of carboxylic acids is 1. The second-order valence-corrected chi connectivity index (χ2v) is 7.33. The Labute approximate surface area is 164 Å². The van der Waals surface area contributed by atoms with E-state index in [1.165, 1.54) is 0 Å². The van der Waals surface area contributed by atoms with Crippen molar-refractivity contribution in [2.75, 3.05) is 13.2 Å². The van der Waals surface area contributed by atoms with E-state index in [1.807, 2.05) is 24.3 Å². The summed E-state index contributed by atoms with van der Waals surface area (Å²) in [4.78, 5) is 24.1. The van der Waals surface area contributed by atoms with E-state index in [4.69, 9.17) is 9.47 Å². The standard InChI is InChI=1S/C22H25NO5/c1-14(2)13-28-18-6-3-15(4-7-18)11-20(24)23-21(22(25)26)17-5-8-19-16(12-17)9-10-27-19/h3-8,12,14,21H,9-11,13H2,1-2H3,(H,23,24)(H,25,26). The quantitative estimate of drug-likeness (QED) is 0.732. The van der Waals surface area contributed by atoms with Crippen molar-refractivity contribution in [3.8, 4) is 11.5 Å². The molecule has 1 amide bonds. The number of ether oxygens (including phenoxy) is 2. The van der Waals surface area contributed by atoms with Gasteiger partial charge in [-0.3, -0.25) is 4.79 Å². The van der Waals surface area contributed by atoms with Gasteiger partial charge in [-0.1, -0.05) is 32.0 Å². The first-order chi connectivity index (χ1) is 13.4. The number of hydrogen-bond donors (Lipinski definition) is 2. The van der Waals surface area contributed by atoms with Gasteiger partial charge in [0.25, 0.3) is 0 Å². The number of nitrogens with one attached hydrogen (secondary N) is 1. The van der Waals surface area contributed by atoms with Crippen LogP contribution in [0.1, 0.15) is 36.6 Å². The van der Waals surface area contributed by atoms with Gasteiger partial charge in [0.05, 0.1) is 19.6 Å². The van der Waals surface area contributed by atoms with Crippen molar-refractivity contribution in [3.63, 3.8) is 0 Å². The largest absolute Gasteiger partial charge is 0.493 e. The molecule has 0 spiro atoms.